The zero-order valence-corrected chi connectivity index (χ0v) is 17.3. The number of phenolic OH excluding ortho intramolecular Hbond substituents is 1. The summed E-state index contributed by atoms with van der Waals surface area (Å²) >= 11 is 0. The van der Waals surface area contributed by atoms with E-state index < -0.39 is 5.91 Å². The van der Waals surface area contributed by atoms with Crippen molar-refractivity contribution in [3.05, 3.63) is 66.4 Å². The van der Waals surface area contributed by atoms with Crippen LogP contribution in [0.3, 0.4) is 0 Å². The van der Waals surface area contributed by atoms with Gasteiger partial charge in [-0.1, -0.05) is 24.3 Å². The largest absolute Gasteiger partial charge is 0.507 e. The van der Waals surface area contributed by atoms with Gasteiger partial charge in [0.15, 0.2) is 11.5 Å². The van der Waals surface area contributed by atoms with Crippen molar-refractivity contribution in [3.63, 3.8) is 0 Å². The number of fused-ring (bicyclic) bond motifs is 1. The highest BCUT2D eigenvalue weighted by Gasteiger charge is 2.12. The van der Waals surface area contributed by atoms with E-state index in [0.29, 0.717) is 46.9 Å². The van der Waals surface area contributed by atoms with Gasteiger partial charge in [-0.15, -0.1) is 0 Å². The maximum absolute atomic E-state index is 12.7. The van der Waals surface area contributed by atoms with Crippen LogP contribution in [0.4, 0.5) is 11.4 Å². The first-order valence-corrected chi connectivity index (χ1v) is 9.85. The predicted octanol–water partition coefficient (Wildman–Crippen LogP) is 4.80. The third-order valence-corrected chi connectivity index (χ3v) is 4.44. The van der Waals surface area contributed by atoms with Gasteiger partial charge >= 0.3 is 0 Å². The van der Waals surface area contributed by atoms with Gasteiger partial charge in [0.25, 0.3) is 5.91 Å². The number of aromatic hydroxyl groups is 1. The summed E-state index contributed by atoms with van der Waals surface area (Å²) in [6.45, 7) is 4.75. The maximum Gasteiger partial charge on any atom is 0.267 e. The molecule has 0 atom stereocenters. The van der Waals surface area contributed by atoms with Crippen molar-refractivity contribution in [2.24, 2.45) is 0 Å². The summed E-state index contributed by atoms with van der Waals surface area (Å²) in [4.78, 5) is 12.7. The first-order chi connectivity index (χ1) is 15.1. The number of carbonyl (C=O) groups is 1. The Hall–Kier alpha value is -4.18. The molecule has 0 aliphatic rings. The average molecular weight is 417 g/mol. The molecular formula is C24H23N3O4. The van der Waals surface area contributed by atoms with E-state index in [1.807, 2.05) is 19.9 Å². The SMILES string of the molecule is CCOc1ccc(N/C=C(/C#N)C(=O)Nc2cccc3c(O)cccc23)cc1OCC. The van der Waals surface area contributed by atoms with Crippen molar-refractivity contribution in [1.29, 1.82) is 5.26 Å². The van der Waals surface area contributed by atoms with Crippen molar-refractivity contribution in [3.8, 4) is 23.3 Å². The normalized spacial score (nSPS) is 10.9. The van der Waals surface area contributed by atoms with Crippen LogP contribution in [0.5, 0.6) is 17.2 Å². The highest BCUT2D eigenvalue weighted by atomic mass is 16.5. The summed E-state index contributed by atoms with van der Waals surface area (Å²) in [5.41, 5.74) is 1.03. The molecule has 0 bridgehead atoms. The van der Waals surface area contributed by atoms with Gasteiger partial charge < -0.3 is 25.2 Å². The molecule has 0 aliphatic heterocycles. The molecule has 0 radical (unpaired) electrons. The lowest BCUT2D eigenvalue weighted by atomic mass is 10.1. The third kappa shape index (κ3) is 5.06. The smallest absolute Gasteiger partial charge is 0.267 e. The molecule has 0 aliphatic carbocycles. The van der Waals surface area contributed by atoms with E-state index >= 15 is 0 Å². The fraction of sp³-hybridized carbons (Fsp3) is 0.167. The Morgan fingerprint density at radius 1 is 1.03 bits per heavy atom. The first kappa shape index (κ1) is 21.5. The third-order valence-electron chi connectivity index (χ3n) is 4.44. The fourth-order valence-electron chi connectivity index (χ4n) is 3.04. The lowest BCUT2D eigenvalue weighted by Crippen LogP contribution is -2.14. The number of anilines is 2. The molecule has 3 aromatic rings. The van der Waals surface area contributed by atoms with Crippen LogP contribution in [0.15, 0.2) is 66.4 Å². The first-order valence-electron chi connectivity index (χ1n) is 9.85. The number of nitrogens with zero attached hydrogens (tertiary/aromatic N) is 1. The fourth-order valence-corrected chi connectivity index (χ4v) is 3.04. The minimum Gasteiger partial charge on any atom is -0.507 e. The maximum atomic E-state index is 12.7. The molecule has 0 heterocycles. The summed E-state index contributed by atoms with van der Waals surface area (Å²) in [6.07, 6.45) is 1.34. The number of nitrogens with one attached hydrogen (secondary N) is 2. The number of nitriles is 1. The Labute approximate surface area is 180 Å². The number of hydrogen-bond acceptors (Lipinski definition) is 6. The minimum atomic E-state index is -0.568. The molecule has 158 valence electrons. The summed E-state index contributed by atoms with van der Waals surface area (Å²) in [6, 6.07) is 17.4. The van der Waals surface area contributed by atoms with Crippen LogP contribution in [-0.2, 0) is 4.79 Å². The van der Waals surface area contributed by atoms with Crippen LogP contribution in [0.2, 0.25) is 0 Å². The Balaban J connectivity index is 1.80. The Bertz CT molecular complexity index is 1170. The van der Waals surface area contributed by atoms with Crippen LogP contribution in [0.25, 0.3) is 10.8 Å². The topological polar surface area (TPSA) is 104 Å². The van der Waals surface area contributed by atoms with Gasteiger partial charge in [-0.05, 0) is 38.1 Å². The van der Waals surface area contributed by atoms with E-state index in [0.717, 1.165) is 0 Å². The van der Waals surface area contributed by atoms with Gasteiger partial charge in [0, 0.05) is 34.4 Å². The van der Waals surface area contributed by atoms with Crippen molar-refractivity contribution < 1.29 is 19.4 Å². The number of phenols is 1. The Morgan fingerprint density at radius 2 is 1.74 bits per heavy atom. The molecule has 31 heavy (non-hydrogen) atoms. The summed E-state index contributed by atoms with van der Waals surface area (Å²) in [7, 11) is 0. The number of benzene rings is 3. The van der Waals surface area contributed by atoms with Gasteiger partial charge in [0.1, 0.15) is 17.4 Å². The van der Waals surface area contributed by atoms with Crippen LogP contribution in [-0.4, -0.2) is 24.2 Å². The van der Waals surface area contributed by atoms with E-state index in [2.05, 4.69) is 10.6 Å². The quantitative estimate of drug-likeness (QED) is 0.359. The average Bonchev–Trinajstić information content (AvgIpc) is 2.77. The van der Waals surface area contributed by atoms with Gasteiger partial charge in [0.2, 0.25) is 0 Å². The van der Waals surface area contributed by atoms with Crippen LogP contribution in [0, 0.1) is 11.3 Å². The minimum absolute atomic E-state index is 0.107. The molecule has 0 saturated carbocycles. The molecular weight excluding hydrogens is 394 g/mol. The monoisotopic (exact) mass is 417 g/mol. The lowest BCUT2D eigenvalue weighted by molar-refractivity contribution is -0.112. The second-order valence-corrected chi connectivity index (χ2v) is 6.47. The molecule has 7 heteroatoms. The lowest BCUT2D eigenvalue weighted by Gasteiger charge is -2.12. The van der Waals surface area contributed by atoms with E-state index in [1.54, 1.807) is 54.6 Å². The highest BCUT2D eigenvalue weighted by Crippen LogP contribution is 2.31. The standard InChI is InChI=1S/C24H23N3O4/c1-3-30-22-12-11-17(13-23(22)31-4-2)26-15-16(14-25)24(29)27-20-9-5-8-19-18(20)7-6-10-21(19)28/h5-13,15,26,28H,3-4H2,1-2H3,(H,27,29)/b16-15-. The molecule has 0 saturated heterocycles. The summed E-state index contributed by atoms with van der Waals surface area (Å²) in [5, 5.41) is 26.4. The van der Waals surface area contributed by atoms with Crippen LogP contribution >= 0.6 is 0 Å². The zero-order valence-electron chi connectivity index (χ0n) is 17.3. The molecule has 3 aromatic carbocycles. The van der Waals surface area contributed by atoms with Crippen LogP contribution in [0.1, 0.15) is 13.8 Å². The number of amides is 1. The zero-order chi connectivity index (χ0) is 22.2. The summed E-state index contributed by atoms with van der Waals surface area (Å²) in [5.74, 6) is 0.742. The second-order valence-electron chi connectivity index (χ2n) is 6.47. The van der Waals surface area contributed by atoms with Crippen molar-refractivity contribution in [1.82, 2.24) is 0 Å². The van der Waals surface area contributed by atoms with Crippen molar-refractivity contribution in [2.75, 3.05) is 23.8 Å². The van der Waals surface area contributed by atoms with Crippen molar-refractivity contribution in [2.45, 2.75) is 13.8 Å². The molecule has 0 unspecified atom stereocenters. The highest BCUT2D eigenvalue weighted by molar-refractivity contribution is 6.11. The van der Waals surface area contributed by atoms with Gasteiger partial charge in [-0.2, -0.15) is 5.26 Å². The molecule has 0 fully saturated rings. The summed E-state index contributed by atoms with van der Waals surface area (Å²) < 4.78 is 11.1. The molecule has 0 spiro atoms. The van der Waals surface area contributed by atoms with E-state index in [-0.39, 0.29) is 11.3 Å². The Kier molecular flexibility index (Phi) is 6.97. The second kappa shape index (κ2) is 10.0. The molecule has 3 rings (SSSR count). The number of carbonyl (C=O) groups excluding carboxylic acids is 1. The Morgan fingerprint density at radius 3 is 2.48 bits per heavy atom. The van der Waals surface area contributed by atoms with Gasteiger partial charge in [-0.25, -0.2) is 0 Å². The molecule has 1 amide bonds. The predicted molar refractivity (Wildman–Crippen MR) is 120 cm³/mol. The van der Waals surface area contributed by atoms with Gasteiger partial charge in [-0.3, -0.25) is 4.79 Å². The van der Waals surface area contributed by atoms with Gasteiger partial charge in [0.05, 0.1) is 13.2 Å². The number of ether oxygens (including phenoxy) is 2. The molecule has 7 nitrogen and oxygen atoms in total. The number of hydrogen-bond donors (Lipinski definition) is 3. The van der Waals surface area contributed by atoms with Crippen LogP contribution < -0.4 is 20.1 Å². The van der Waals surface area contributed by atoms with Crippen molar-refractivity contribution >= 4 is 28.1 Å². The van der Waals surface area contributed by atoms with E-state index in [1.165, 1.54) is 6.20 Å². The molecule has 3 N–H and O–H groups in total. The van der Waals surface area contributed by atoms with E-state index in [9.17, 15) is 15.2 Å². The molecule has 0 aromatic heterocycles. The number of rotatable bonds is 8. The van der Waals surface area contributed by atoms with E-state index in [4.69, 9.17) is 9.47 Å².